The van der Waals surface area contributed by atoms with Crippen molar-refractivity contribution in [3.8, 4) is 0 Å². The first-order valence-electron chi connectivity index (χ1n) is 4.31. The third kappa shape index (κ3) is 3.31. The van der Waals surface area contributed by atoms with Gasteiger partial charge in [0.1, 0.15) is 6.10 Å². The molecule has 0 spiro atoms. The predicted molar refractivity (Wildman–Crippen MR) is 47.7 cm³/mol. The number of aliphatic hydroxyl groups excluding tert-OH is 1. The van der Waals surface area contributed by atoms with Crippen LogP contribution in [0.1, 0.15) is 13.3 Å². The van der Waals surface area contributed by atoms with Gasteiger partial charge in [0.2, 0.25) is 0 Å². The molecule has 14 heavy (non-hydrogen) atoms. The van der Waals surface area contributed by atoms with Gasteiger partial charge in [0.25, 0.3) is 0 Å². The van der Waals surface area contributed by atoms with Gasteiger partial charge >= 0.3 is 7.82 Å². The zero-order valence-corrected chi connectivity index (χ0v) is 9.02. The van der Waals surface area contributed by atoms with Crippen LogP contribution in [0.3, 0.4) is 0 Å². The third-order valence-corrected chi connectivity index (χ3v) is 2.98. The van der Waals surface area contributed by atoms with Gasteiger partial charge in [0, 0.05) is 13.5 Å². The summed E-state index contributed by atoms with van der Waals surface area (Å²) >= 11 is 0. The molecule has 2 N–H and O–H groups in total. The van der Waals surface area contributed by atoms with Crippen LogP contribution in [0.5, 0.6) is 0 Å². The molecule has 0 aromatic rings. The van der Waals surface area contributed by atoms with Crippen molar-refractivity contribution in [1.29, 1.82) is 0 Å². The van der Waals surface area contributed by atoms with Crippen molar-refractivity contribution >= 4 is 7.82 Å². The van der Waals surface area contributed by atoms with Crippen molar-refractivity contribution in [3.63, 3.8) is 0 Å². The molecule has 1 fully saturated rings. The molecule has 6 nitrogen and oxygen atoms in total. The molecule has 1 heterocycles. The second kappa shape index (κ2) is 4.70. The van der Waals surface area contributed by atoms with Crippen LogP contribution in [0.2, 0.25) is 0 Å². The third-order valence-electron chi connectivity index (χ3n) is 2.04. The summed E-state index contributed by atoms with van der Waals surface area (Å²) in [6.45, 7) is 1.67. The first-order chi connectivity index (χ1) is 6.44. The van der Waals surface area contributed by atoms with E-state index in [4.69, 9.17) is 9.63 Å². The number of phosphoric ester groups is 1. The van der Waals surface area contributed by atoms with Gasteiger partial charge in [-0.15, -0.1) is 0 Å². The molecule has 1 rings (SSSR count). The molecule has 0 saturated carbocycles. The minimum Gasteiger partial charge on any atom is -0.390 e. The van der Waals surface area contributed by atoms with E-state index in [1.807, 2.05) is 6.92 Å². The monoisotopic (exact) mass is 226 g/mol. The second-order valence-corrected chi connectivity index (χ2v) is 4.80. The number of hydrogen-bond acceptors (Lipinski definition) is 5. The summed E-state index contributed by atoms with van der Waals surface area (Å²) < 4.78 is 24.9. The molecule has 0 aromatic carbocycles. The maximum absolute atomic E-state index is 10.9. The van der Waals surface area contributed by atoms with Gasteiger partial charge in [-0.2, -0.15) is 0 Å². The molecule has 84 valence electrons. The van der Waals surface area contributed by atoms with Crippen molar-refractivity contribution in [2.75, 3.05) is 13.7 Å². The molecule has 4 atom stereocenters. The van der Waals surface area contributed by atoms with Crippen LogP contribution in [0.4, 0.5) is 0 Å². The number of phosphoric acid groups is 1. The van der Waals surface area contributed by atoms with Crippen molar-refractivity contribution in [2.24, 2.45) is 0 Å². The van der Waals surface area contributed by atoms with Crippen LogP contribution in [0, 0.1) is 0 Å². The minimum atomic E-state index is -3.96. The predicted octanol–water partition coefficient (Wildman–Crippen LogP) is 0.288. The van der Waals surface area contributed by atoms with E-state index in [0.717, 1.165) is 7.11 Å². The molecule has 0 aliphatic carbocycles. The topological polar surface area (TPSA) is 85.2 Å². The SMILES string of the molecule is COP(=O)(O)OC[C@H]1O[C@@H](C)C[C@@H]1O. The molecule has 7 heteroatoms. The lowest BCUT2D eigenvalue weighted by Crippen LogP contribution is -2.26. The summed E-state index contributed by atoms with van der Waals surface area (Å²) in [4.78, 5) is 8.91. The summed E-state index contributed by atoms with van der Waals surface area (Å²) in [5.41, 5.74) is 0. The molecule has 1 aliphatic heterocycles. The van der Waals surface area contributed by atoms with Gasteiger partial charge in [0.05, 0.1) is 18.8 Å². The average Bonchev–Trinajstić information content (AvgIpc) is 2.42. The van der Waals surface area contributed by atoms with Gasteiger partial charge in [-0.05, 0) is 6.92 Å². The van der Waals surface area contributed by atoms with Gasteiger partial charge in [-0.25, -0.2) is 4.57 Å². The largest absolute Gasteiger partial charge is 0.472 e. The van der Waals surface area contributed by atoms with Crippen LogP contribution in [0.15, 0.2) is 0 Å². The zero-order valence-electron chi connectivity index (χ0n) is 8.12. The van der Waals surface area contributed by atoms with Crippen LogP contribution >= 0.6 is 7.82 Å². The highest BCUT2D eigenvalue weighted by molar-refractivity contribution is 7.47. The Morgan fingerprint density at radius 3 is 2.71 bits per heavy atom. The second-order valence-electron chi connectivity index (χ2n) is 3.24. The molecule has 0 bridgehead atoms. The molecule has 1 unspecified atom stereocenters. The zero-order chi connectivity index (χ0) is 10.8. The van der Waals surface area contributed by atoms with E-state index in [9.17, 15) is 9.67 Å². The molecule has 1 aliphatic rings. The lowest BCUT2D eigenvalue weighted by molar-refractivity contribution is -0.0179. The Morgan fingerprint density at radius 1 is 1.64 bits per heavy atom. The van der Waals surface area contributed by atoms with Crippen molar-refractivity contribution in [1.82, 2.24) is 0 Å². The van der Waals surface area contributed by atoms with Gasteiger partial charge in [-0.3, -0.25) is 9.05 Å². The molecule has 0 radical (unpaired) electrons. The van der Waals surface area contributed by atoms with Crippen molar-refractivity contribution in [3.05, 3.63) is 0 Å². The lowest BCUT2D eigenvalue weighted by Gasteiger charge is -2.15. The Balaban J connectivity index is 2.35. The summed E-state index contributed by atoms with van der Waals surface area (Å²) in [5.74, 6) is 0. The first-order valence-corrected chi connectivity index (χ1v) is 5.81. The van der Waals surface area contributed by atoms with E-state index < -0.39 is 20.0 Å². The van der Waals surface area contributed by atoms with E-state index in [-0.39, 0.29) is 12.7 Å². The number of ether oxygens (including phenoxy) is 1. The molecule has 1 saturated heterocycles. The van der Waals surface area contributed by atoms with Crippen molar-refractivity contribution in [2.45, 2.75) is 31.7 Å². The average molecular weight is 226 g/mol. The van der Waals surface area contributed by atoms with E-state index in [0.29, 0.717) is 6.42 Å². The number of rotatable bonds is 4. The fourth-order valence-electron chi connectivity index (χ4n) is 1.31. The lowest BCUT2D eigenvalue weighted by atomic mass is 10.1. The molecule has 0 aromatic heterocycles. The smallest absolute Gasteiger partial charge is 0.390 e. The molecular formula is C7H15O6P. The molecular weight excluding hydrogens is 211 g/mol. The van der Waals surface area contributed by atoms with E-state index in [1.165, 1.54) is 0 Å². The van der Waals surface area contributed by atoms with Crippen molar-refractivity contribution < 1.29 is 28.3 Å². The maximum atomic E-state index is 10.9. The summed E-state index contributed by atoms with van der Waals surface area (Å²) in [5, 5.41) is 9.41. The minimum absolute atomic E-state index is 0.0563. The summed E-state index contributed by atoms with van der Waals surface area (Å²) in [7, 11) is -2.88. The first kappa shape index (κ1) is 12.1. The Labute approximate surface area is 82.4 Å². The van der Waals surface area contributed by atoms with E-state index in [2.05, 4.69) is 9.05 Å². The van der Waals surface area contributed by atoms with Crippen LogP contribution in [-0.2, 0) is 18.3 Å². The Kier molecular flexibility index (Phi) is 4.06. The highest BCUT2D eigenvalue weighted by Crippen LogP contribution is 2.42. The summed E-state index contributed by atoms with van der Waals surface area (Å²) in [6, 6.07) is 0. The normalized spacial score (nSPS) is 37.0. The van der Waals surface area contributed by atoms with Crippen LogP contribution in [0.25, 0.3) is 0 Å². The number of hydrogen-bond donors (Lipinski definition) is 2. The maximum Gasteiger partial charge on any atom is 0.472 e. The van der Waals surface area contributed by atoms with Gasteiger partial charge < -0.3 is 14.7 Å². The fourth-order valence-corrected chi connectivity index (χ4v) is 1.75. The van der Waals surface area contributed by atoms with Crippen LogP contribution in [-0.4, -0.2) is 42.0 Å². The highest BCUT2D eigenvalue weighted by atomic mass is 31.2. The van der Waals surface area contributed by atoms with E-state index >= 15 is 0 Å². The fraction of sp³-hybridized carbons (Fsp3) is 1.00. The quantitative estimate of drug-likeness (QED) is 0.670. The number of aliphatic hydroxyl groups is 1. The Morgan fingerprint density at radius 2 is 2.29 bits per heavy atom. The van der Waals surface area contributed by atoms with Crippen LogP contribution < -0.4 is 0 Å². The summed E-state index contributed by atoms with van der Waals surface area (Å²) in [6.07, 6.45) is -0.752. The molecule has 0 amide bonds. The van der Waals surface area contributed by atoms with E-state index in [1.54, 1.807) is 0 Å². The highest BCUT2D eigenvalue weighted by Gasteiger charge is 2.33. The van der Waals surface area contributed by atoms with Gasteiger partial charge in [0.15, 0.2) is 0 Å². The Hall–Kier alpha value is 0.0300. The van der Waals surface area contributed by atoms with Gasteiger partial charge in [-0.1, -0.05) is 0 Å². The Bertz CT molecular complexity index is 232. The standard InChI is InChI=1S/C7H15O6P/c1-5-3-6(8)7(13-5)4-12-14(9,10)11-2/h5-8H,3-4H2,1-2H3,(H,9,10)/t5-,6-,7+/m0/s1.